The lowest BCUT2D eigenvalue weighted by molar-refractivity contribution is 0.414. The van der Waals surface area contributed by atoms with Crippen LogP contribution in [0.1, 0.15) is 5.56 Å². The topological polar surface area (TPSA) is 38.0 Å². The van der Waals surface area contributed by atoms with Crippen LogP contribution >= 0.6 is 11.3 Å². The van der Waals surface area contributed by atoms with Crippen LogP contribution in [0.25, 0.3) is 16.9 Å². The minimum absolute atomic E-state index is 0.510. The third-order valence-corrected chi connectivity index (χ3v) is 4.15. The molecule has 0 radical (unpaired) electrons. The van der Waals surface area contributed by atoms with Crippen LogP contribution in [0.5, 0.6) is 5.75 Å². The Bertz CT molecular complexity index is 798. The molecular formula is C17H16N2OS. The van der Waals surface area contributed by atoms with Gasteiger partial charge in [0.05, 0.1) is 12.8 Å². The number of thiazole rings is 1. The summed E-state index contributed by atoms with van der Waals surface area (Å²) in [5.41, 5.74) is 4.36. The molecule has 0 saturated carbocycles. The first kappa shape index (κ1) is 13.6. The highest BCUT2D eigenvalue weighted by Gasteiger charge is 2.09. The largest absolute Gasteiger partial charge is 0.497 e. The summed E-state index contributed by atoms with van der Waals surface area (Å²) in [4.78, 5) is 0.510. The van der Waals surface area contributed by atoms with Crippen molar-refractivity contribution < 1.29 is 4.74 Å². The Morgan fingerprint density at radius 1 is 1.00 bits per heavy atom. The fourth-order valence-corrected chi connectivity index (χ4v) is 3.01. The minimum Gasteiger partial charge on any atom is -0.497 e. The minimum atomic E-state index is 0.510. The van der Waals surface area contributed by atoms with Crippen LogP contribution in [0.3, 0.4) is 0 Å². The van der Waals surface area contributed by atoms with Crippen molar-refractivity contribution in [1.29, 1.82) is 5.41 Å². The maximum Gasteiger partial charge on any atom is 0.187 e. The Kier molecular flexibility index (Phi) is 3.62. The number of rotatable bonds is 3. The second kappa shape index (κ2) is 5.58. The summed E-state index contributed by atoms with van der Waals surface area (Å²) in [5, 5.41) is 10.2. The summed E-state index contributed by atoms with van der Waals surface area (Å²) in [6.45, 7) is 2.07. The SMILES string of the molecule is COc1ccc(-n2c(-c3ccc(C)cc3)csc2=N)cc1. The van der Waals surface area contributed by atoms with Gasteiger partial charge in [-0.3, -0.25) is 9.98 Å². The molecule has 3 aromatic rings. The summed E-state index contributed by atoms with van der Waals surface area (Å²) in [7, 11) is 1.65. The van der Waals surface area contributed by atoms with Crippen LogP contribution in [-0.4, -0.2) is 11.7 Å². The molecule has 1 heterocycles. The van der Waals surface area contributed by atoms with E-state index in [1.165, 1.54) is 16.9 Å². The maximum absolute atomic E-state index is 8.17. The van der Waals surface area contributed by atoms with Gasteiger partial charge in [0.2, 0.25) is 0 Å². The lowest BCUT2D eigenvalue weighted by Crippen LogP contribution is -2.11. The number of nitrogens with zero attached hydrogens (tertiary/aromatic N) is 1. The van der Waals surface area contributed by atoms with Crippen molar-refractivity contribution in [3.63, 3.8) is 0 Å². The Labute approximate surface area is 127 Å². The highest BCUT2D eigenvalue weighted by Crippen LogP contribution is 2.24. The number of methoxy groups -OCH3 is 1. The van der Waals surface area contributed by atoms with Gasteiger partial charge in [-0.2, -0.15) is 0 Å². The summed E-state index contributed by atoms with van der Waals surface area (Å²) in [6.07, 6.45) is 0. The van der Waals surface area contributed by atoms with E-state index in [-0.39, 0.29) is 0 Å². The van der Waals surface area contributed by atoms with Gasteiger partial charge >= 0.3 is 0 Å². The van der Waals surface area contributed by atoms with Crippen LogP contribution in [-0.2, 0) is 0 Å². The molecule has 0 spiro atoms. The first-order valence-corrected chi connectivity index (χ1v) is 7.53. The van der Waals surface area contributed by atoms with E-state index >= 15 is 0 Å². The molecule has 0 aliphatic carbocycles. The summed E-state index contributed by atoms with van der Waals surface area (Å²) >= 11 is 1.43. The first-order valence-electron chi connectivity index (χ1n) is 6.65. The number of nitrogens with one attached hydrogen (secondary N) is 1. The standard InChI is InChI=1S/C17H16N2OS/c1-12-3-5-13(6-4-12)16-11-21-17(18)19(16)14-7-9-15(20-2)10-8-14/h3-11,18H,1-2H3. The molecule has 0 bridgehead atoms. The Hall–Kier alpha value is -2.33. The van der Waals surface area contributed by atoms with E-state index in [4.69, 9.17) is 10.1 Å². The average Bonchev–Trinajstić information content (AvgIpc) is 2.90. The van der Waals surface area contributed by atoms with Crippen LogP contribution in [0.2, 0.25) is 0 Å². The van der Waals surface area contributed by atoms with Crippen molar-refractivity contribution in [2.75, 3.05) is 7.11 Å². The predicted octanol–water partition coefficient (Wildman–Crippen LogP) is 4.00. The van der Waals surface area contributed by atoms with Crippen molar-refractivity contribution in [3.8, 4) is 22.7 Å². The van der Waals surface area contributed by atoms with E-state index in [9.17, 15) is 0 Å². The van der Waals surface area contributed by atoms with Gasteiger partial charge in [0.15, 0.2) is 4.80 Å². The first-order chi connectivity index (χ1) is 10.2. The molecule has 0 unspecified atom stereocenters. The zero-order chi connectivity index (χ0) is 14.8. The smallest absolute Gasteiger partial charge is 0.187 e. The molecule has 0 amide bonds. The summed E-state index contributed by atoms with van der Waals surface area (Å²) < 4.78 is 7.14. The molecular weight excluding hydrogens is 280 g/mol. The number of ether oxygens (including phenoxy) is 1. The fraction of sp³-hybridized carbons (Fsp3) is 0.118. The summed E-state index contributed by atoms with van der Waals surface area (Å²) in [6, 6.07) is 16.1. The fourth-order valence-electron chi connectivity index (χ4n) is 2.24. The van der Waals surface area contributed by atoms with Gasteiger partial charge in [0, 0.05) is 11.1 Å². The van der Waals surface area contributed by atoms with E-state index in [0.29, 0.717) is 4.80 Å². The zero-order valence-corrected chi connectivity index (χ0v) is 12.8. The molecule has 0 fully saturated rings. The molecule has 0 aliphatic rings. The third kappa shape index (κ3) is 2.62. The number of hydrogen-bond acceptors (Lipinski definition) is 3. The molecule has 0 atom stereocenters. The predicted molar refractivity (Wildman–Crippen MR) is 86.2 cm³/mol. The molecule has 3 nitrogen and oxygen atoms in total. The highest BCUT2D eigenvalue weighted by atomic mass is 32.1. The maximum atomic E-state index is 8.17. The molecule has 1 N–H and O–H groups in total. The van der Waals surface area contributed by atoms with Gasteiger partial charge in [-0.05, 0) is 36.8 Å². The number of hydrogen-bond donors (Lipinski definition) is 1. The molecule has 2 aromatic carbocycles. The summed E-state index contributed by atoms with van der Waals surface area (Å²) in [5.74, 6) is 0.818. The van der Waals surface area contributed by atoms with Crippen LogP contribution in [0.4, 0.5) is 0 Å². The van der Waals surface area contributed by atoms with Gasteiger partial charge in [-0.1, -0.05) is 29.8 Å². The van der Waals surface area contributed by atoms with Gasteiger partial charge in [0.25, 0.3) is 0 Å². The van der Waals surface area contributed by atoms with Crippen LogP contribution in [0.15, 0.2) is 53.9 Å². The van der Waals surface area contributed by atoms with Crippen LogP contribution in [0, 0.1) is 12.3 Å². The van der Waals surface area contributed by atoms with Crippen molar-refractivity contribution in [1.82, 2.24) is 4.57 Å². The van der Waals surface area contributed by atoms with Gasteiger partial charge < -0.3 is 4.74 Å². The lowest BCUT2D eigenvalue weighted by atomic mass is 10.1. The van der Waals surface area contributed by atoms with Crippen molar-refractivity contribution in [2.45, 2.75) is 6.92 Å². The molecule has 3 rings (SSSR count). The third-order valence-electron chi connectivity index (χ3n) is 3.40. The molecule has 1 aromatic heterocycles. The zero-order valence-electron chi connectivity index (χ0n) is 12.0. The van der Waals surface area contributed by atoms with Crippen molar-refractivity contribution in [2.24, 2.45) is 0 Å². The molecule has 0 saturated heterocycles. The lowest BCUT2D eigenvalue weighted by Gasteiger charge is -2.10. The quantitative estimate of drug-likeness (QED) is 0.779. The van der Waals surface area contributed by atoms with Gasteiger partial charge in [-0.25, -0.2) is 0 Å². The van der Waals surface area contributed by atoms with E-state index in [1.807, 2.05) is 34.2 Å². The number of aryl methyl sites for hydroxylation is 1. The Morgan fingerprint density at radius 2 is 1.67 bits per heavy atom. The second-order valence-electron chi connectivity index (χ2n) is 4.83. The van der Waals surface area contributed by atoms with Gasteiger partial charge in [0.1, 0.15) is 5.75 Å². The highest BCUT2D eigenvalue weighted by molar-refractivity contribution is 7.07. The Balaban J connectivity index is 2.12. The molecule has 106 valence electrons. The van der Waals surface area contributed by atoms with Crippen molar-refractivity contribution in [3.05, 3.63) is 64.3 Å². The molecule has 4 heteroatoms. The second-order valence-corrected chi connectivity index (χ2v) is 5.68. The molecule has 21 heavy (non-hydrogen) atoms. The normalized spacial score (nSPS) is 10.6. The van der Waals surface area contributed by atoms with E-state index < -0.39 is 0 Å². The Morgan fingerprint density at radius 3 is 2.29 bits per heavy atom. The van der Waals surface area contributed by atoms with E-state index in [2.05, 4.69) is 31.2 Å². The van der Waals surface area contributed by atoms with Gasteiger partial charge in [-0.15, -0.1) is 11.3 Å². The monoisotopic (exact) mass is 296 g/mol. The average molecular weight is 296 g/mol. The van der Waals surface area contributed by atoms with E-state index in [1.54, 1.807) is 7.11 Å². The van der Waals surface area contributed by atoms with Crippen molar-refractivity contribution >= 4 is 11.3 Å². The molecule has 0 aliphatic heterocycles. The van der Waals surface area contributed by atoms with Crippen LogP contribution < -0.4 is 9.54 Å². The van der Waals surface area contributed by atoms with E-state index in [0.717, 1.165) is 22.7 Å². The number of benzene rings is 2. The number of aromatic nitrogens is 1.